The Labute approximate surface area is 117 Å². The molecule has 2 aromatic carbocycles. The first-order valence-corrected chi connectivity index (χ1v) is 6.10. The Bertz CT molecular complexity index is 637. The van der Waals surface area contributed by atoms with Gasteiger partial charge in [0.1, 0.15) is 23.4 Å². The van der Waals surface area contributed by atoms with Crippen molar-refractivity contribution in [3.05, 3.63) is 51.3 Å². The summed E-state index contributed by atoms with van der Waals surface area (Å²) in [5, 5.41) is 8.62. The van der Waals surface area contributed by atoms with Crippen molar-refractivity contribution in [1.29, 1.82) is 5.26 Å². The number of ether oxygens (including phenoxy) is 1. The van der Waals surface area contributed by atoms with Crippen molar-refractivity contribution in [2.45, 2.75) is 0 Å². The summed E-state index contributed by atoms with van der Waals surface area (Å²) in [4.78, 5) is 0. The van der Waals surface area contributed by atoms with Gasteiger partial charge < -0.3 is 10.5 Å². The van der Waals surface area contributed by atoms with Crippen LogP contribution in [0, 0.1) is 20.7 Å². The highest BCUT2D eigenvalue weighted by Crippen LogP contribution is 2.29. The summed E-state index contributed by atoms with van der Waals surface area (Å²) >= 11 is 2.14. The smallest absolute Gasteiger partial charge is 0.150 e. The molecule has 2 rings (SSSR count). The Morgan fingerprint density at radius 3 is 2.61 bits per heavy atom. The number of halogens is 2. The molecule has 0 aromatic heterocycles. The molecule has 0 atom stereocenters. The summed E-state index contributed by atoms with van der Waals surface area (Å²) < 4.78 is 19.8. The van der Waals surface area contributed by atoms with E-state index < -0.39 is 5.82 Å². The highest BCUT2D eigenvalue weighted by atomic mass is 127. The zero-order valence-corrected chi connectivity index (χ0v) is 11.3. The second-order valence-corrected chi connectivity index (χ2v) is 4.78. The molecule has 3 nitrogen and oxygen atoms in total. The molecule has 0 aliphatic heterocycles. The van der Waals surface area contributed by atoms with E-state index >= 15 is 0 Å². The number of nitrogen functional groups attached to an aromatic ring is 1. The summed E-state index contributed by atoms with van der Waals surface area (Å²) in [6, 6.07) is 11.1. The first-order chi connectivity index (χ1) is 8.60. The fraction of sp³-hybridized carbons (Fsp3) is 0. The third-order valence-electron chi connectivity index (χ3n) is 2.26. The number of hydrogen-bond acceptors (Lipinski definition) is 3. The molecule has 0 aliphatic carbocycles. The van der Waals surface area contributed by atoms with Crippen molar-refractivity contribution < 1.29 is 9.13 Å². The lowest BCUT2D eigenvalue weighted by Crippen LogP contribution is -1.93. The van der Waals surface area contributed by atoms with E-state index in [1.165, 1.54) is 12.1 Å². The molecule has 18 heavy (non-hydrogen) atoms. The Morgan fingerprint density at radius 2 is 2.00 bits per heavy atom. The number of nitriles is 1. The molecule has 2 N–H and O–H groups in total. The second kappa shape index (κ2) is 5.23. The number of hydrogen-bond donors (Lipinski definition) is 1. The number of rotatable bonds is 2. The predicted octanol–water partition coefficient (Wildman–Crippen LogP) is 3.68. The van der Waals surface area contributed by atoms with E-state index in [1.54, 1.807) is 18.2 Å². The molecule has 0 aliphatic rings. The van der Waals surface area contributed by atoms with Crippen LogP contribution in [0.15, 0.2) is 36.4 Å². The Kier molecular flexibility index (Phi) is 3.67. The molecule has 0 saturated heterocycles. The number of anilines is 1. The zero-order chi connectivity index (χ0) is 13.1. The van der Waals surface area contributed by atoms with Gasteiger partial charge in [0.25, 0.3) is 0 Å². The van der Waals surface area contributed by atoms with Crippen molar-refractivity contribution in [1.82, 2.24) is 0 Å². The van der Waals surface area contributed by atoms with Gasteiger partial charge >= 0.3 is 0 Å². The molecule has 0 heterocycles. The molecule has 5 heteroatoms. The minimum atomic E-state index is -0.612. The monoisotopic (exact) mass is 354 g/mol. The Morgan fingerprint density at radius 1 is 1.22 bits per heavy atom. The normalized spacial score (nSPS) is 9.83. The highest BCUT2D eigenvalue weighted by molar-refractivity contribution is 14.1. The SMILES string of the molecule is N#Cc1ccc(Oc2ccc(I)cc2N)cc1F. The van der Waals surface area contributed by atoms with Gasteiger partial charge in [-0.1, -0.05) is 0 Å². The van der Waals surface area contributed by atoms with Crippen molar-refractivity contribution in [2.24, 2.45) is 0 Å². The van der Waals surface area contributed by atoms with Gasteiger partial charge in [0.2, 0.25) is 0 Å². The molecule has 0 spiro atoms. The third-order valence-corrected chi connectivity index (χ3v) is 2.93. The van der Waals surface area contributed by atoms with E-state index in [2.05, 4.69) is 22.6 Å². The lowest BCUT2D eigenvalue weighted by Gasteiger charge is -2.09. The molecular weight excluding hydrogens is 346 g/mol. The van der Waals surface area contributed by atoms with Crippen LogP contribution in [0.4, 0.5) is 10.1 Å². The van der Waals surface area contributed by atoms with Gasteiger partial charge in [0.15, 0.2) is 0 Å². The number of nitrogens with two attached hydrogens (primary N) is 1. The van der Waals surface area contributed by atoms with Crippen molar-refractivity contribution in [3.63, 3.8) is 0 Å². The van der Waals surface area contributed by atoms with E-state index in [-0.39, 0.29) is 5.56 Å². The molecule has 0 unspecified atom stereocenters. The van der Waals surface area contributed by atoms with E-state index in [0.29, 0.717) is 17.2 Å². The minimum absolute atomic E-state index is 0.0158. The quantitative estimate of drug-likeness (QED) is 0.661. The highest BCUT2D eigenvalue weighted by Gasteiger charge is 2.06. The lowest BCUT2D eigenvalue weighted by atomic mass is 10.2. The fourth-order valence-electron chi connectivity index (χ4n) is 1.39. The predicted molar refractivity (Wildman–Crippen MR) is 74.8 cm³/mol. The van der Waals surface area contributed by atoms with E-state index in [9.17, 15) is 4.39 Å². The van der Waals surface area contributed by atoms with Crippen LogP contribution in [-0.2, 0) is 0 Å². The molecular formula is C13H8FIN2O. The largest absolute Gasteiger partial charge is 0.455 e. The van der Waals surface area contributed by atoms with Crippen LogP contribution < -0.4 is 10.5 Å². The van der Waals surface area contributed by atoms with E-state index in [1.807, 2.05) is 6.07 Å². The van der Waals surface area contributed by atoms with Crippen LogP contribution in [0.25, 0.3) is 0 Å². The van der Waals surface area contributed by atoms with Crippen LogP contribution in [0.1, 0.15) is 5.56 Å². The molecule has 0 fully saturated rings. The summed E-state index contributed by atoms with van der Waals surface area (Å²) in [7, 11) is 0. The van der Waals surface area contributed by atoms with Crippen molar-refractivity contribution in [2.75, 3.05) is 5.73 Å². The molecule has 0 radical (unpaired) electrons. The maximum atomic E-state index is 13.4. The molecule has 0 amide bonds. The van der Waals surface area contributed by atoms with E-state index in [0.717, 1.165) is 9.64 Å². The van der Waals surface area contributed by atoms with Crippen molar-refractivity contribution >= 4 is 28.3 Å². The van der Waals surface area contributed by atoms with Gasteiger partial charge in [0.05, 0.1) is 11.3 Å². The molecule has 2 aromatic rings. The fourth-order valence-corrected chi connectivity index (χ4v) is 1.90. The number of benzene rings is 2. The van der Waals surface area contributed by atoms with Crippen LogP contribution in [-0.4, -0.2) is 0 Å². The van der Waals surface area contributed by atoms with Gasteiger partial charge in [0, 0.05) is 9.64 Å². The molecule has 90 valence electrons. The standard InChI is InChI=1S/C13H8FIN2O/c14-11-6-10(3-1-8(11)7-16)18-13-4-2-9(15)5-12(13)17/h1-6H,17H2. The zero-order valence-electron chi connectivity index (χ0n) is 9.15. The second-order valence-electron chi connectivity index (χ2n) is 3.54. The van der Waals surface area contributed by atoms with Gasteiger partial charge in [-0.25, -0.2) is 4.39 Å². The lowest BCUT2D eigenvalue weighted by molar-refractivity contribution is 0.478. The summed E-state index contributed by atoms with van der Waals surface area (Å²) in [6.45, 7) is 0. The van der Waals surface area contributed by atoms with Gasteiger partial charge in [-0.15, -0.1) is 0 Å². The van der Waals surface area contributed by atoms with Gasteiger partial charge in [-0.05, 0) is 52.9 Å². The van der Waals surface area contributed by atoms with Gasteiger partial charge in [-0.2, -0.15) is 5.26 Å². The first-order valence-electron chi connectivity index (χ1n) is 5.02. The van der Waals surface area contributed by atoms with Crippen LogP contribution in [0.3, 0.4) is 0 Å². The molecule has 0 saturated carbocycles. The maximum absolute atomic E-state index is 13.4. The van der Waals surface area contributed by atoms with E-state index in [4.69, 9.17) is 15.7 Å². The van der Waals surface area contributed by atoms with Crippen LogP contribution in [0.5, 0.6) is 11.5 Å². The third kappa shape index (κ3) is 2.71. The average Bonchev–Trinajstić information content (AvgIpc) is 2.33. The first kappa shape index (κ1) is 12.6. The molecule has 0 bridgehead atoms. The summed E-state index contributed by atoms with van der Waals surface area (Å²) in [5.41, 5.74) is 6.25. The summed E-state index contributed by atoms with van der Waals surface area (Å²) in [5.74, 6) is 0.151. The minimum Gasteiger partial charge on any atom is -0.455 e. The Balaban J connectivity index is 2.29. The summed E-state index contributed by atoms with van der Waals surface area (Å²) in [6.07, 6.45) is 0. The maximum Gasteiger partial charge on any atom is 0.150 e. The number of nitrogens with zero attached hydrogens (tertiary/aromatic N) is 1. The van der Waals surface area contributed by atoms with Crippen molar-refractivity contribution in [3.8, 4) is 17.6 Å². The Hall–Kier alpha value is -1.81. The topological polar surface area (TPSA) is 59.0 Å². The average molecular weight is 354 g/mol. The van der Waals surface area contributed by atoms with Gasteiger partial charge in [-0.3, -0.25) is 0 Å². The van der Waals surface area contributed by atoms with Crippen LogP contribution in [0.2, 0.25) is 0 Å². The van der Waals surface area contributed by atoms with Crippen LogP contribution >= 0.6 is 22.6 Å².